The summed E-state index contributed by atoms with van der Waals surface area (Å²) in [5, 5.41) is 26.6. The topological polar surface area (TPSA) is 109 Å². The number of nitrogens with one attached hydrogen (secondary N) is 1. The number of hydrogen-bond acceptors (Lipinski definition) is 10. The maximum absolute atomic E-state index is 14.0. The average molecular weight is 1060 g/mol. The summed E-state index contributed by atoms with van der Waals surface area (Å²) >= 11 is 1.01. The van der Waals surface area contributed by atoms with Gasteiger partial charge in [-0.25, -0.2) is 30.7 Å². The van der Waals surface area contributed by atoms with Gasteiger partial charge >= 0.3 is 0 Å². The second kappa shape index (κ2) is 26.5. The predicted molar refractivity (Wildman–Crippen MR) is 271 cm³/mol. The van der Waals surface area contributed by atoms with Crippen LogP contribution in [0.1, 0.15) is 80.0 Å². The maximum Gasteiger partial charge on any atom is 0.200 e. The van der Waals surface area contributed by atoms with Gasteiger partial charge in [0.25, 0.3) is 0 Å². The van der Waals surface area contributed by atoms with Crippen molar-refractivity contribution in [3.63, 3.8) is 0 Å². The molecule has 4 aromatic carbocycles. The molecule has 1 unspecified atom stereocenters. The van der Waals surface area contributed by atoms with Crippen molar-refractivity contribution in [1.29, 1.82) is 0 Å². The third-order valence-electron chi connectivity index (χ3n) is 14.9. The Bertz CT molecular complexity index is 2800. The Balaban J connectivity index is 0.000000216. The Hall–Kier alpha value is -5.27. The number of aryl methyl sites for hydroxylation is 2. The van der Waals surface area contributed by atoms with Gasteiger partial charge in [-0.05, 0) is 161 Å². The molecule has 2 saturated heterocycles. The number of alkyl halides is 2. The molecule has 0 aliphatic carbocycles. The van der Waals surface area contributed by atoms with Crippen molar-refractivity contribution >= 4 is 33.6 Å². The third-order valence-corrected chi connectivity index (χ3v) is 15.9. The summed E-state index contributed by atoms with van der Waals surface area (Å²) < 4.78 is 125. The number of aliphatic hydroxyl groups is 2. The first-order valence-electron chi connectivity index (χ1n) is 25.0. The number of benzene rings is 4. The number of rotatable bonds is 22. The summed E-state index contributed by atoms with van der Waals surface area (Å²) in [6.45, 7) is 2.42. The predicted octanol–water partition coefficient (Wildman–Crippen LogP) is 12.0. The third kappa shape index (κ3) is 14.0. The molecular formula is C56H64F8N4O5S. The molecule has 0 amide bonds. The molecule has 2 aliphatic heterocycles. The highest BCUT2D eigenvalue weighted by Gasteiger charge is 2.38. The average Bonchev–Trinajstić information content (AvgIpc) is 3.42. The Morgan fingerprint density at radius 1 is 0.716 bits per heavy atom. The molecule has 18 heteroatoms. The van der Waals surface area contributed by atoms with Gasteiger partial charge in [0.15, 0.2) is 23.2 Å². The monoisotopic (exact) mass is 1060 g/mol. The first-order chi connectivity index (χ1) is 35.7. The molecule has 2 aliphatic rings. The van der Waals surface area contributed by atoms with Gasteiger partial charge in [0, 0.05) is 76.3 Å². The molecule has 3 N–H and O–H groups in total. The van der Waals surface area contributed by atoms with E-state index in [1.165, 1.54) is 0 Å². The van der Waals surface area contributed by atoms with Crippen LogP contribution in [-0.2, 0) is 26.2 Å². The highest BCUT2D eigenvalue weighted by Crippen LogP contribution is 2.42. The normalized spacial score (nSPS) is 15.9. The van der Waals surface area contributed by atoms with E-state index in [9.17, 15) is 45.3 Å². The van der Waals surface area contributed by atoms with Gasteiger partial charge in [-0.15, -0.1) is 11.8 Å². The van der Waals surface area contributed by atoms with E-state index >= 15 is 0 Å². The molecule has 4 heterocycles. The van der Waals surface area contributed by atoms with Gasteiger partial charge < -0.3 is 29.7 Å². The van der Waals surface area contributed by atoms with Crippen molar-refractivity contribution in [1.82, 2.24) is 20.2 Å². The summed E-state index contributed by atoms with van der Waals surface area (Å²) in [5.41, 5.74) is 3.97. The lowest BCUT2D eigenvalue weighted by atomic mass is 9.69. The first-order valence-corrected chi connectivity index (χ1v) is 26.0. The van der Waals surface area contributed by atoms with E-state index < -0.39 is 60.1 Å². The first kappa shape index (κ1) is 56.5. The molecule has 6 aromatic rings. The number of hydrogen-bond donors (Lipinski definition) is 3. The summed E-state index contributed by atoms with van der Waals surface area (Å²) in [6, 6.07) is 14.0. The number of thioether (sulfide) groups is 1. The SMILES string of the molecule is COc1ccc2ncc(CF)c(CCCC3(C(O)CCSc4cc(F)cc(F)c4F)CCNCC3)c2c1.COc1ccc2ncc(CF)c(CCCC3(CO)CCN(CCOc4cc(F)cc(F)c4F)CC3)c2c1. The van der Waals surface area contributed by atoms with Crippen LogP contribution in [0.2, 0.25) is 0 Å². The second-order valence-corrected chi connectivity index (χ2v) is 20.4. The molecule has 1 atom stereocenters. The lowest BCUT2D eigenvalue weighted by molar-refractivity contribution is -0.00829. The van der Waals surface area contributed by atoms with E-state index in [2.05, 4.69) is 20.2 Å². The molecule has 8 rings (SSSR count). The van der Waals surface area contributed by atoms with Crippen LogP contribution in [0.15, 0.2) is 78.0 Å². The van der Waals surface area contributed by atoms with Gasteiger partial charge in [-0.1, -0.05) is 0 Å². The van der Waals surface area contributed by atoms with Gasteiger partial charge in [0.05, 0.1) is 31.4 Å². The number of likely N-dealkylation sites (tertiary alicyclic amines) is 1. The Morgan fingerprint density at radius 2 is 1.27 bits per heavy atom. The Morgan fingerprint density at radius 3 is 1.82 bits per heavy atom. The second-order valence-electron chi connectivity index (χ2n) is 19.3. The molecular weight excluding hydrogens is 993 g/mol. The lowest BCUT2D eigenvalue weighted by Gasteiger charge is -2.42. The molecule has 0 radical (unpaired) electrons. The van der Waals surface area contributed by atoms with E-state index in [1.54, 1.807) is 26.6 Å². The van der Waals surface area contributed by atoms with Crippen LogP contribution in [0.3, 0.4) is 0 Å². The molecule has 9 nitrogen and oxygen atoms in total. The smallest absolute Gasteiger partial charge is 0.200 e. The summed E-state index contributed by atoms with van der Waals surface area (Å²) in [6.07, 6.45) is 10.4. The van der Waals surface area contributed by atoms with Crippen molar-refractivity contribution in [2.75, 3.05) is 65.9 Å². The zero-order valence-corrected chi connectivity index (χ0v) is 42.6. The molecule has 2 aromatic heterocycles. The molecule has 0 bridgehead atoms. The fourth-order valence-corrected chi connectivity index (χ4v) is 11.4. The van der Waals surface area contributed by atoms with Crippen molar-refractivity contribution < 1.29 is 59.5 Å². The Kier molecular flexibility index (Phi) is 20.2. The number of aromatic nitrogens is 2. The number of piperidine rings is 2. The number of fused-ring (bicyclic) bond motifs is 2. The van der Waals surface area contributed by atoms with E-state index in [0.717, 1.165) is 134 Å². The lowest BCUT2D eigenvalue weighted by Crippen LogP contribution is -2.44. The van der Waals surface area contributed by atoms with E-state index in [-0.39, 0.29) is 28.9 Å². The van der Waals surface area contributed by atoms with Crippen molar-refractivity contribution in [3.8, 4) is 17.2 Å². The number of ether oxygens (including phenoxy) is 3. The summed E-state index contributed by atoms with van der Waals surface area (Å²) in [4.78, 5) is 10.8. The molecule has 2 fully saturated rings. The van der Waals surface area contributed by atoms with Crippen LogP contribution in [0.25, 0.3) is 21.8 Å². The zero-order chi connectivity index (χ0) is 52.8. The minimum absolute atomic E-state index is 0.0615. The van der Waals surface area contributed by atoms with E-state index in [4.69, 9.17) is 14.2 Å². The van der Waals surface area contributed by atoms with E-state index in [0.29, 0.717) is 66.3 Å². The van der Waals surface area contributed by atoms with Crippen LogP contribution >= 0.6 is 11.8 Å². The van der Waals surface area contributed by atoms with Crippen molar-refractivity contribution in [3.05, 3.63) is 130 Å². The number of aliphatic hydroxyl groups excluding tert-OH is 2. The maximum atomic E-state index is 14.0. The molecule has 0 spiro atoms. The van der Waals surface area contributed by atoms with Crippen LogP contribution in [0.4, 0.5) is 35.1 Å². The van der Waals surface area contributed by atoms with Gasteiger partial charge in [-0.2, -0.15) is 4.39 Å². The quantitative estimate of drug-likeness (QED) is 0.0345. The fourth-order valence-electron chi connectivity index (χ4n) is 10.4. The number of nitrogens with zero attached hydrogens (tertiary/aromatic N) is 3. The van der Waals surface area contributed by atoms with Gasteiger partial charge in [-0.3, -0.25) is 14.9 Å². The van der Waals surface area contributed by atoms with Crippen LogP contribution in [0.5, 0.6) is 17.2 Å². The van der Waals surface area contributed by atoms with E-state index in [1.807, 2.05) is 36.4 Å². The highest BCUT2D eigenvalue weighted by atomic mass is 32.2. The highest BCUT2D eigenvalue weighted by molar-refractivity contribution is 7.99. The zero-order valence-electron chi connectivity index (χ0n) is 41.7. The molecule has 74 heavy (non-hydrogen) atoms. The minimum Gasteiger partial charge on any atom is -0.497 e. The van der Waals surface area contributed by atoms with Crippen molar-refractivity contribution in [2.24, 2.45) is 10.8 Å². The van der Waals surface area contributed by atoms with Crippen LogP contribution in [0, 0.1) is 45.7 Å². The van der Waals surface area contributed by atoms with Crippen molar-refractivity contribution in [2.45, 2.75) is 95.0 Å². The van der Waals surface area contributed by atoms with Gasteiger partial charge in [0.2, 0.25) is 5.82 Å². The number of pyridine rings is 2. The standard InChI is InChI=1S/C28H32F4N2O3.C28H32F4N2O2S/c1-36-21-4-5-25-23(15-21)22(19(16-29)17-33-25)3-2-6-28(18-35)7-9-34(10-8-28)11-12-37-26-14-20(30)13-24(31)27(26)32;1-36-20-4-5-24-22(15-20)21(18(16-29)17-34-24)3-2-7-28(8-10-33-11-9-28)26(35)6-12-37-25-14-19(30)13-23(31)27(25)32/h4-5,13-15,17,35H,2-3,6-12,16,18H2,1H3;4-5,13-15,17,26,33,35H,2-3,6-12,16H2,1H3. The summed E-state index contributed by atoms with van der Waals surface area (Å²) in [5.74, 6) is -5.21. The number of halogens is 8. The number of methoxy groups -OCH3 is 2. The van der Waals surface area contributed by atoms with Gasteiger partial charge in [0.1, 0.15) is 43.1 Å². The van der Waals surface area contributed by atoms with Crippen LogP contribution in [-0.4, -0.2) is 97.1 Å². The van der Waals surface area contributed by atoms with Crippen LogP contribution < -0.4 is 19.5 Å². The Labute approximate surface area is 431 Å². The minimum atomic E-state index is -1.28. The molecule has 400 valence electrons. The molecule has 0 saturated carbocycles. The fraction of sp³-hybridized carbons (Fsp3) is 0.464. The largest absolute Gasteiger partial charge is 0.497 e. The summed E-state index contributed by atoms with van der Waals surface area (Å²) in [7, 11) is 3.18.